The van der Waals surface area contributed by atoms with Gasteiger partial charge in [-0.05, 0) is 25.7 Å². The molecule has 1 N–H and O–H groups in total. The number of sulfone groups is 1. The van der Waals surface area contributed by atoms with Gasteiger partial charge in [-0.1, -0.05) is 6.42 Å². The quantitative estimate of drug-likeness (QED) is 0.814. The molecule has 2 saturated heterocycles. The fraction of sp³-hybridized carbons (Fsp3) is 0.667. The predicted octanol–water partition coefficient (Wildman–Crippen LogP) is 0.794. The van der Waals surface area contributed by atoms with Gasteiger partial charge in [0.1, 0.15) is 6.33 Å². The van der Waals surface area contributed by atoms with E-state index in [4.69, 9.17) is 0 Å². The zero-order valence-electron chi connectivity index (χ0n) is 9.99. The summed E-state index contributed by atoms with van der Waals surface area (Å²) in [5, 5.41) is 9.92. The summed E-state index contributed by atoms with van der Waals surface area (Å²) in [7, 11) is -3.05. The van der Waals surface area contributed by atoms with Gasteiger partial charge in [0, 0.05) is 18.0 Å². The highest BCUT2D eigenvalue weighted by Gasteiger charge is 2.51. The van der Waals surface area contributed by atoms with Crippen LogP contribution in [0.5, 0.6) is 0 Å². The molecule has 0 aromatic carbocycles. The van der Waals surface area contributed by atoms with Gasteiger partial charge < -0.3 is 5.11 Å². The van der Waals surface area contributed by atoms with Gasteiger partial charge in [0.05, 0.1) is 16.1 Å². The van der Waals surface area contributed by atoms with E-state index in [9.17, 15) is 13.5 Å². The highest BCUT2D eigenvalue weighted by molar-refractivity contribution is 7.92. The smallest absolute Gasteiger partial charge is 0.156 e. The van der Waals surface area contributed by atoms with Crippen LogP contribution in [0.4, 0.5) is 0 Å². The number of hydrogen-bond donors (Lipinski definition) is 1. The van der Waals surface area contributed by atoms with Gasteiger partial charge in [-0.25, -0.2) is 18.4 Å². The maximum atomic E-state index is 12.2. The van der Waals surface area contributed by atoms with Crippen molar-refractivity contribution in [1.82, 2.24) is 9.97 Å². The average Bonchev–Trinajstić information content (AvgIpc) is 2.33. The van der Waals surface area contributed by atoms with E-state index in [1.165, 1.54) is 6.33 Å². The van der Waals surface area contributed by atoms with Crippen LogP contribution < -0.4 is 0 Å². The Hall–Kier alpha value is -1.01. The Bertz CT molecular complexity index is 524. The van der Waals surface area contributed by atoms with Crippen molar-refractivity contribution in [1.29, 1.82) is 0 Å². The first-order chi connectivity index (χ1) is 8.52. The highest BCUT2D eigenvalue weighted by atomic mass is 32.2. The molecule has 18 heavy (non-hydrogen) atoms. The molecule has 1 aromatic heterocycles. The van der Waals surface area contributed by atoms with E-state index in [-0.39, 0.29) is 12.8 Å². The van der Waals surface area contributed by atoms with Crippen LogP contribution in [0.1, 0.15) is 37.7 Å². The SMILES string of the molecule is O=S1(=O)C2CCCC1CC(O)(c1cncnc1)C2. The molecule has 2 atom stereocenters. The van der Waals surface area contributed by atoms with Crippen molar-refractivity contribution in [2.45, 2.75) is 48.2 Å². The van der Waals surface area contributed by atoms with Crippen LogP contribution in [-0.2, 0) is 15.4 Å². The molecule has 3 rings (SSSR count). The lowest BCUT2D eigenvalue weighted by Gasteiger charge is -2.43. The van der Waals surface area contributed by atoms with Gasteiger partial charge in [0.25, 0.3) is 0 Å². The minimum Gasteiger partial charge on any atom is -0.385 e. The number of hydrogen-bond acceptors (Lipinski definition) is 5. The van der Waals surface area contributed by atoms with Crippen molar-refractivity contribution in [3.05, 3.63) is 24.3 Å². The van der Waals surface area contributed by atoms with E-state index in [1.807, 2.05) is 0 Å². The molecule has 0 radical (unpaired) electrons. The van der Waals surface area contributed by atoms with Crippen molar-refractivity contribution in [2.24, 2.45) is 0 Å². The number of fused-ring (bicyclic) bond motifs is 2. The zero-order valence-corrected chi connectivity index (χ0v) is 10.8. The minimum absolute atomic E-state index is 0.277. The van der Waals surface area contributed by atoms with Crippen LogP contribution in [0.2, 0.25) is 0 Å². The third-order valence-electron chi connectivity index (χ3n) is 4.21. The van der Waals surface area contributed by atoms with E-state index < -0.39 is 25.9 Å². The Kier molecular flexibility index (Phi) is 2.67. The van der Waals surface area contributed by atoms with Crippen LogP contribution in [0.3, 0.4) is 0 Å². The molecule has 2 fully saturated rings. The fourth-order valence-corrected chi connectivity index (χ4v) is 5.77. The normalized spacial score (nSPS) is 38.3. The number of nitrogens with zero attached hydrogens (tertiary/aromatic N) is 2. The largest absolute Gasteiger partial charge is 0.385 e. The van der Waals surface area contributed by atoms with Gasteiger partial charge in [-0.3, -0.25) is 0 Å². The molecule has 0 amide bonds. The molecule has 2 unspecified atom stereocenters. The first kappa shape index (κ1) is 12.0. The van der Waals surface area contributed by atoms with Crippen molar-refractivity contribution < 1.29 is 13.5 Å². The van der Waals surface area contributed by atoms with E-state index in [1.54, 1.807) is 12.4 Å². The summed E-state index contributed by atoms with van der Waals surface area (Å²) in [6.45, 7) is 0. The second-order valence-corrected chi connectivity index (χ2v) is 7.84. The van der Waals surface area contributed by atoms with Crippen molar-refractivity contribution >= 4 is 9.84 Å². The molecule has 0 spiro atoms. The average molecular weight is 268 g/mol. The highest BCUT2D eigenvalue weighted by Crippen LogP contribution is 2.45. The molecule has 2 bridgehead atoms. The third kappa shape index (κ3) is 1.75. The first-order valence-electron chi connectivity index (χ1n) is 6.23. The van der Waals surface area contributed by atoms with Gasteiger partial charge in [0.2, 0.25) is 0 Å². The lowest BCUT2D eigenvalue weighted by atomic mass is 9.82. The maximum Gasteiger partial charge on any atom is 0.156 e. The Balaban J connectivity index is 1.98. The van der Waals surface area contributed by atoms with Crippen molar-refractivity contribution in [2.75, 3.05) is 0 Å². The Morgan fingerprint density at radius 1 is 1.17 bits per heavy atom. The summed E-state index contributed by atoms with van der Waals surface area (Å²) in [4.78, 5) is 7.83. The monoisotopic (exact) mass is 268 g/mol. The van der Waals surface area contributed by atoms with Crippen molar-refractivity contribution in [3.63, 3.8) is 0 Å². The molecule has 1 aromatic rings. The molecule has 0 aliphatic carbocycles. The summed E-state index contributed by atoms with van der Waals surface area (Å²) < 4.78 is 24.3. The summed E-state index contributed by atoms with van der Waals surface area (Å²) in [6.07, 6.45) is 7.40. The second kappa shape index (κ2) is 3.99. The molecular formula is C12H16N2O3S. The Labute approximate surface area is 106 Å². The lowest BCUT2D eigenvalue weighted by molar-refractivity contribution is 0.00437. The van der Waals surface area contributed by atoms with Gasteiger partial charge in [-0.15, -0.1) is 0 Å². The minimum atomic E-state index is -3.05. The molecule has 0 saturated carbocycles. The fourth-order valence-electron chi connectivity index (χ4n) is 3.22. The molecule has 98 valence electrons. The van der Waals surface area contributed by atoms with E-state index >= 15 is 0 Å². The molecule has 3 heterocycles. The Morgan fingerprint density at radius 3 is 2.28 bits per heavy atom. The predicted molar refractivity (Wildman–Crippen MR) is 65.5 cm³/mol. The van der Waals surface area contributed by atoms with E-state index in [2.05, 4.69) is 9.97 Å². The van der Waals surface area contributed by atoms with Gasteiger partial charge in [0.15, 0.2) is 9.84 Å². The maximum absolute atomic E-state index is 12.2. The lowest BCUT2D eigenvalue weighted by Crippen LogP contribution is -2.50. The summed E-state index contributed by atoms with van der Waals surface area (Å²) in [5.74, 6) is 0. The first-order valence-corrected chi connectivity index (χ1v) is 7.84. The molecule has 2 aliphatic rings. The van der Waals surface area contributed by atoms with Crippen LogP contribution in [0.15, 0.2) is 18.7 Å². The summed E-state index contributed by atoms with van der Waals surface area (Å²) in [5.41, 5.74) is -0.445. The summed E-state index contributed by atoms with van der Waals surface area (Å²) in [6, 6.07) is 0. The number of aliphatic hydroxyl groups is 1. The van der Waals surface area contributed by atoms with Crippen LogP contribution in [-0.4, -0.2) is 34.0 Å². The summed E-state index contributed by atoms with van der Waals surface area (Å²) >= 11 is 0. The third-order valence-corrected chi connectivity index (χ3v) is 6.87. The number of aromatic nitrogens is 2. The van der Waals surface area contributed by atoms with Gasteiger partial charge in [-0.2, -0.15) is 0 Å². The van der Waals surface area contributed by atoms with Gasteiger partial charge >= 0.3 is 0 Å². The Morgan fingerprint density at radius 2 is 1.72 bits per heavy atom. The standard InChI is InChI=1S/C12H16N2O3S/c15-12(9-6-13-8-14-7-9)4-10-2-1-3-11(5-12)18(10,16)17/h6-8,10-11,15H,1-5H2. The molecule has 5 nitrogen and oxygen atoms in total. The zero-order chi connectivity index (χ0) is 12.8. The van der Waals surface area contributed by atoms with E-state index in [0.29, 0.717) is 18.4 Å². The molecule has 2 aliphatic heterocycles. The van der Waals surface area contributed by atoms with Crippen LogP contribution in [0, 0.1) is 0 Å². The van der Waals surface area contributed by atoms with Crippen molar-refractivity contribution in [3.8, 4) is 0 Å². The van der Waals surface area contributed by atoms with E-state index in [0.717, 1.165) is 6.42 Å². The second-order valence-electron chi connectivity index (χ2n) is 5.33. The van der Waals surface area contributed by atoms with Crippen LogP contribution in [0.25, 0.3) is 0 Å². The topological polar surface area (TPSA) is 80.2 Å². The molecular weight excluding hydrogens is 252 g/mol. The van der Waals surface area contributed by atoms with Crippen LogP contribution >= 0.6 is 0 Å². The molecule has 6 heteroatoms. The number of rotatable bonds is 1.